The normalized spacial score (nSPS) is 18.9. The third kappa shape index (κ3) is 3.40. The first-order chi connectivity index (χ1) is 9.67. The third-order valence-electron chi connectivity index (χ3n) is 4.52. The molecular weight excluding hydrogens is 248 g/mol. The van der Waals surface area contributed by atoms with Crippen LogP contribution < -0.4 is 5.73 Å². The molecule has 1 aromatic carbocycles. The molecule has 1 saturated carbocycles. The Bertz CT molecular complexity index is 417. The Balaban J connectivity index is 2.29. The molecule has 0 amide bonds. The zero-order chi connectivity index (χ0) is 14.5. The fourth-order valence-corrected chi connectivity index (χ4v) is 3.14. The van der Waals surface area contributed by atoms with Crippen molar-refractivity contribution in [3.63, 3.8) is 0 Å². The molecule has 2 unspecified atom stereocenters. The van der Waals surface area contributed by atoms with Crippen LogP contribution in [0.25, 0.3) is 0 Å². The Morgan fingerprint density at radius 2 is 2.15 bits per heavy atom. The molecule has 0 spiro atoms. The number of aliphatic hydroxyl groups is 1. The molecule has 1 aliphatic rings. The summed E-state index contributed by atoms with van der Waals surface area (Å²) in [6.07, 6.45) is 4.72. The van der Waals surface area contributed by atoms with E-state index in [2.05, 4.69) is 43.0 Å². The van der Waals surface area contributed by atoms with Crippen molar-refractivity contribution in [2.45, 2.75) is 57.7 Å². The monoisotopic (exact) mass is 276 g/mol. The highest BCUT2D eigenvalue weighted by atomic mass is 16.3. The second-order valence-corrected chi connectivity index (χ2v) is 5.98. The Morgan fingerprint density at radius 3 is 2.65 bits per heavy atom. The first-order valence-electron chi connectivity index (χ1n) is 7.86. The van der Waals surface area contributed by atoms with Gasteiger partial charge in [-0.3, -0.25) is 4.90 Å². The molecule has 2 rings (SSSR count). The number of hydrogen-bond donors (Lipinski definition) is 2. The molecule has 0 bridgehead atoms. The van der Waals surface area contributed by atoms with Crippen molar-refractivity contribution in [1.82, 2.24) is 4.90 Å². The molecule has 2 atom stereocenters. The van der Waals surface area contributed by atoms with E-state index < -0.39 is 0 Å². The average Bonchev–Trinajstić information content (AvgIpc) is 2.37. The topological polar surface area (TPSA) is 49.5 Å². The highest BCUT2D eigenvalue weighted by Gasteiger charge is 2.33. The molecule has 3 heteroatoms. The maximum atomic E-state index is 9.43. The Kier molecular flexibility index (Phi) is 5.58. The van der Waals surface area contributed by atoms with Gasteiger partial charge >= 0.3 is 0 Å². The summed E-state index contributed by atoms with van der Waals surface area (Å²) < 4.78 is 0. The van der Waals surface area contributed by atoms with Crippen LogP contribution in [0.5, 0.6) is 0 Å². The Morgan fingerprint density at radius 1 is 1.40 bits per heavy atom. The molecule has 112 valence electrons. The average molecular weight is 276 g/mol. The molecule has 3 N–H and O–H groups in total. The third-order valence-corrected chi connectivity index (χ3v) is 4.52. The lowest BCUT2D eigenvalue weighted by Crippen LogP contribution is -2.49. The van der Waals surface area contributed by atoms with Gasteiger partial charge in [0.15, 0.2) is 0 Å². The van der Waals surface area contributed by atoms with Gasteiger partial charge in [-0.2, -0.15) is 0 Å². The SMILES string of the molecule is CCC(N)C(c1cccc(C)c1)N(CCO)C1CCC1. The minimum atomic E-state index is 0.115. The summed E-state index contributed by atoms with van der Waals surface area (Å²) in [5.74, 6) is 0. The molecule has 0 saturated heterocycles. The predicted octanol–water partition coefficient (Wildman–Crippen LogP) is 2.62. The lowest BCUT2D eigenvalue weighted by Gasteiger charge is -2.44. The highest BCUT2D eigenvalue weighted by molar-refractivity contribution is 5.26. The Labute approximate surface area is 122 Å². The van der Waals surface area contributed by atoms with Gasteiger partial charge in [0.05, 0.1) is 12.6 Å². The second kappa shape index (κ2) is 7.21. The molecule has 1 fully saturated rings. The van der Waals surface area contributed by atoms with E-state index in [-0.39, 0.29) is 18.7 Å². The minimum Gasteiger partial charge on any atom is -0.395 e. The van der Waals surface area contributed by atoms with E-state index in [1.54, 1.807) is 0 Å². The van der Waals surface area contributed by atoms with Crippen molar-refractivity contribution < 1.29 is 5.11 Å². The van der Waals surface area contributed by atoms with Crippen LogP contribution in [0.2, 0.25) is 0 Å². The predicted molar refractivity (Wildman–Crippen MR) is 83.6 cm³/mol. The minimum absolute atomic E-state index is 0.115. The van der Waals surface area contributed by atoms with Crippen molar-refractivity contribution in [2.24, 2.45) is 5.73 Å². The van der Waals surface area contributed by atoms with Crippen molar-refractivity contribution in [3.05, 3.63) is 35.4 Å². The van der Waals surface area contributed by atoms with E-state index in [9.17, 15) is 5.11 Å². The molecule has 20 heavy (non-hydrogen) atoms. The number of nitrogens with zero attached hydrogens (tertiary/aromatic N) is 1. The number of rotatable bonds is 7. The van der Waals surface area contributed by atoms with Crippen LogP contribution in [-0.4, -0.2) is 35.2 Å². The molecule has 1 aromatic rings. The molecule has 3 nitrogen and oxygen atoms in total. The van der Waals surface area contributed by atoms with Crippen LogP contribution in [0.1, 0.15) is 49.8 Å². The van der Waals surface area contributed by atoms with Crippen LogP contribution in [0, 0.1) is 6.92 Å². The van der Waals surface area contributed by atoms with Crippen LogP contribution in [0.3, 0.4) is 0 Å². The summed E-state index contributed by atoms with van der Waals surface area (Å²) in [6.45, 7) is 5.19. The molecular formula is C17H28N2O. The van der Waals surface area contributed by atoms with E-state index in [0.717, 1.165) is 13.0 Å². The van der Waals surface area contributed by atoms with Gasteiger partial charge in [-0.05, 0) is 31.7 Å². The summed E-state index contributed by atoms with van der Waals surface area (Å²) in [6, 6.07) is 9.57. The molecule has 0 radical (unpaired) electrons. The van der Waals surface area contributed by atoms with Gasteiger partial charge in [-0.1, -0.05) is 43.2 Å². The summed E-state index contributed by atoms with van der Waals surface area (Å²) >= 11 is 0. The van der Waals surface area contributed by atoms with Gasteiger partial charge in [0.2, 0.25) is 0 Å². The number of benzene rings is 1. The maximum absolute atomic E-state index is 9.43. The first kappa shape index (κ1) is 15.5. The van der Waals surface area contributed by atoms with Crippen molar-refractivity contribution in [1.29, 1.82) is 0 Å². The summed E-state index contributed by atoms with van der Waals surface area (Å²) in [4.78, 5) is 2.44. The summed E-state index contributed by atoms with van der Waals surface area (Å²) in [5, 5.41) is 9.43. The van der Waals surface area contributed by atoms with E-state index >= 15 is 0 Å². The van der Waals surface area contributed by atoms with Crippen LogP contribution in [-0.2, 0) is 0 Å². The van der Waals surface area contributed by atoms with Crippen LogP contribution in [0.4, 0.5) is 0 Å². The number of nitrogens with two attached hydrogens (primary N) is 1. The van der Waals surface area contributed by atoms with E-state index in [1.807, 2.05) is 0 Å². The van der Waals surface area contributed by atoms with Gasteiger partial charge < -0.3 is 10.8 Å². The lowest BCUT2D eigenvalue weighted by molar-refractivity contribution is 0.0473. The fraction of sp³-hybridized carbons (Fsp3) is 0.647. The number of hydrogen-bond acceptors (Lipinski definition) is 3. The number of aliphatic hydroxyl groups excluding tert-OH is 1. The van der Waals surface area contributed by atoms with E-state index in [4.69, 9.17) is 5.73 Å². The standard InChI is InChI=1S/C17H28N2O/c1-3-16(18)17(14-7-4-6-13(2)12-14)19(10-11-20)15-8-5-9-15/h4,6-7,12,15-17,20H,3,5,8-11,18H2,1-2H3. The summed E-state index contributed by atoms with van der Waals surface area (Å²) in [7, 11) is 0. The quantitative estimate of drug-likeness (QED) is 0.805. The van der Waals surface area contributed by atoms with Crippen molar-refractivity contribution in [3.8, 4) is 0 Å². The Hall–Kier alpha value is -0.900. The van der Waals surface area contributed by atoms with Gasteiger partial charge in [-0.15, -0.1) is 0 Å². The zero-order valence-corrected chi connectivity index (χ0v) is 12.8. The van der Waals surface area contributed by atoms with Gasteiger partial charge in [0.25, 0.3) is 0 Å². The van der Waals surface area contributed by atoms with Gasteiger partial charge in [0.1, 0.15) is 0 Å². The van der Waals surface area contributed by atoms with Gasteiger partial charge in [-0.25, -0.2) is 0 Å². The van der Waals surface area contributed by atoms with Crippen molar-refractivity contribution >= 4 is 0 Å². The van der Waals surface area contributed by atoms with E-state index in [0.29, 0.717) is 6.04 Å². The lowest BCUT2D eigenvalue weighted by atomic mass is 9.86. The molecule has 0 heterocycles. The van der Waals surface area contributed by atoms with Crippen LogP contribution >= 0.6 is 0 Å². The molecule has 0 aliphatic heterocycles. The zero-order valence-electron chi connectivity index (χ0n) is 12.8. The molecule has 1 aliphatic carbocycles. The fourth-order valence-electron chi connectivity index (χ4n) is 3.14. The smallest absolute Gasteiger partial charge is 0.0558 e. The molecule has 0 aromatic heterocycles. The first-order valence-corrected chi connectivity index (χ1v) is 7.86. The maximum Gasteiger partial charge on any atom is 0.0558 e. The van der Waals surface area contributed by atoms with Gasteiger partial charge in [0, 0.05) is 18.6 Å². The number of aryl methyl sites for hydroxylation is 1. The van der Waals surface area contributed by atoms with Crippen molar-refractivity contribution in [2.75, 3.05) is 13.2 Å². The van der Waals surface area contributed by atoms with E-state index in [1.165, 1.54) is 30.4 Å². The highest BCUT2D eigenvalue weighted by Crippen LogP contribution is 2.34. The largest absolute Gasteiger partial charge is 0.395 e. The second-order valence-electron chi connectivity index (χ2n) is 5.98. The van der Waals surface area contributed by atoms with Crippen LogP contribution in [0.15, 0.2) is 24.3 Å². The summed E-state index contributed by atoms with van der Waals surface area (Å²) in [5.41, 5.74) is 8.99.